The van der Waals surface area contributed by atoms with E-state index in [4.69, 9.17) is 9.47 Å². The third-order valence-corrected chi connectivity index (χ3v) is 5.32. The first-order valence-corrected chi connectivity index (χ1v) is 10.1. The lowest BCUT2D eigenvalue weighted by molar-refractivity contribution is -0.160. The van der Waals surface area contributed by atoms with Crippen LogP contribution in [0.4, 0.5) is 0 Å². The molecule has 1 amide bonds. The highest BCUT2D eigenvalue weighted by Gasteiger charge is 2.29. The van der Waals surface area contributed by atoms with Crippen LogP contribution in [0.25, 0.3) is 10.9 Å². The zero-order chi connectivity index (χ0) is 20.4. The molecule has 4 rings (SSSR count). The highest BCUT2D eigenvalue weighted by atomic mass is 16.5. The molecule has 1 aliphatic carbocycles. The molecule has 0 N–H and O–H groups in total. The second-order valence-electron chi connectivity index (χ2n) is 7.52. The van der Waals surface area contributed by atoms with Crippen LogP contribution in [-0.2, 0) is 25.5 Å². The smallest absolute Gasteiger partial charge is 0.307 e. The zero-order valence-electron chi connectivity index (χ0n) is 16.5. The average Bonchev–Trinajstić information content (AvgIpc) is 3.57. The van der Waals surface area contributed by atoms with E-state index in [2.05, 4.69) is 4.98 Å². The molecule has 154 valence electrons. The topological polar surface area (TPSA) is 90.7 Å². The van der Waals surface area contributed by atoms with Crippen molar-refractivity contribution in [2.24, 2.45) is 0 Å². The quantitative estimate of drug-likeness (QED) is 0.683. The number of carbonyl (C=O) groups is 2. The Morgan fingerprint density at radius 2 is 1.97 bits per heavy atom. The van der Waals surface area contributed by atoms with Gasteiger partial charge in [-0.2, -0.15) is 0 Å². The van der Waals surface area contributed by atoms with Gasteiger partial charge >= 0.3 is 5.97 Å². The fourth-order valence-electron chi connectivity index (χ4n) is 3.64. The second kappa shape index (κ2) is 8.32. The molecular formula is C21H25N3O5. The van der Waals surface area contributed by atoms with E-state index in [1.54, 1.807) is 28.5 Å². The Kier molecular flexibility index (Phi) is 5.62. The van der Waals surface area contributed by atoms with Crippen LogP contribution in [0, 0.1) is 0 Å². The molecule has 1 aromatic carbocycles. The molecular weight excluding hydrogens is 374 g/mol. The van der Waals surface area contributed by atoms with Crippen LogP contribution in [-0.4, -0.2) is 58.7 Å². The number of fused-ring (bicyclic) bond motifs is 1. The van der Waals surface area contributed by atoms with Crippen molar-refractivity contribution in [3.63, 3.8) is 0 Å². The predicted octanol–water partition coefficient (Wildman–Crippen LogP) is 1.45. The molecule has 2 heterocycles. The van der Waals surface area contributed by atoms with Gasteiger partial charge in [0.05, 0.1) is 30.5 Å². The van der Waals surface area contributed by atoms with Crippen molar-refractivity contribution in [2.45, 2.75) is 44.8 Å². The van der Waals surface area contributed by atoms with Crippen molar-refractivity contribution < 1.29 is 19.1 Å². The molecule has 29 heavy (non-hydrogen) atoms. The summed E-state index contributed by atoms with van der Waals surface area (Å²) >= 11 is 0. The second-order valence-corrected chi connectivity index (χ2v) is 7.52. The Morgan fingerprint density at radius 3 is 2.69 bits per heavy atom. The number of hydrogen-bond acceptors (Lipinski definition) is 6. The Balaban J connectivity index is 1.42. The van der Waals surface area contributed by atoms with E-state index >= 15 is 0 Å². The number of esters is 1. The van der Waals surface area contributed by atoms with Crippen molar-refractivity contribution in [1.82, 2.24) is 14.5 Å². The number of benzene rings is 1. The van der Waals surface area contributed by atoms with Crippen molar-refractivity contribution in [3.8, 4) is 0 Å². The lowest BCUT2D eigenvalue weighted by Crippen LogP contribution is -2.46. The number of aryl methyl sites for hydroxylation is 1. The van der Waals surface area contributed by atoms with Crippen LogP contribution in [0.2, 0.25) is 0 Å². The molecule has 8 nitrogen and oxygen atoms in total. The van der Waals surface area contributed by atoms with Gasteiger partial charge in [0.1, 0.15) is 5.82 Å². The molecule has 0 radical (unpaired) electrons. The van der Waals surface area contributed by atoms with E-state index in [-0.39, 0.29) is 23.9 Å². The highest BCUT2D eigenvalue weighted by Crippen LogP contribution is 2.34. The minimum atomic E-state index is -0.837. The third-order valence-electron chi connectivity index (χ3n) is 5.32. The van der Waals surface area contributed by atoms with Crippen molar-refractivity contribution in [2.75, 3.05) is 26.3 Å². The normalized spacial score (nSPS) is 17.9. The van der Waals surface area contributed by atoms with Crippen LogP contribution in [0.3, 0.4) is 0 Å². The van der Waals surface area contributed by atoms with Crippen molar-refractivity contribution in [1.29, 1.82) is 0 Å². The maximum atomic E-state index is 12.9. The lowest BCUT2D eigenvalue weighted by Gasteiger charge is -2.28. The number of morpholine rings is 1. The minimum absolute atomic E-state index is 0.0580. The van der Waals surface area contributed by atoms with Gasteiger partial charge in [0.25, 0.3) is 11.5 Å². The minimum Gasteiger partial charge on any atom is -0.453 e. The standard InChI is InChI=1S/C21H25N3O5/c1-14(20(26)23-10-12-28-13-11-23)29-19(25)9-8-18-22-17-5-3-2-4-16(17)21(27)24(18)15-6-7-15/h2-5,14-15H,6-13H2,1H3. The van der Waals surface area contributed by atoms with Crippen LogP contribution >= 0.6 is 0 Å². The molecule has 2 aromatic rings. The van der Waals surface area contributed by atoms with E-state index in [0.717, 1.165) is 12.8 Å². The predicted molar refractivity (Wildman–Crippen MR) is 106 cm³/mol. The van der Waals surface area contributed by atoms with Crippen LogP contribution < -0.4 is 5.56 Å². The fraction of sp³-hybridized carbons (Fsp3) is 0.524. The summed E-state index contributed by atoms with van der Waals surface area (Å²) in [6, 6.07) is 7.41. The summed E-state index contributed by atoms with van der Waals surface area (Å²) in [4.78, 5) is 43.8. The number of nitrogens with zero attached hydrogens (tertiary/aromatic N) is 3. The lowest BCUT2D eigenvalue weighted by atomic mass is 10.2. The maximum Gasteiger partial charge on any atom is 0.307 e. The average molecular weight is 399 g/mol. The van der Waals surface area contributed by atoms with Crippen molar-refractivity contribution >= 4 is 22.8 Å². The summed E-state index contributed by atoms with van der Waals surface area (Å²) in [5.41, 5.74) is 0.575. The molecule has 1 saturated carbocycles. The molecule has 0 spiro atoms. The van der Waals surface area contributed by atoms with Gasteiger partial charge in [-0.05, 0) is 31.9 Å². The van der Waals surface area contributed by atoms with Gasteiger partial charge in [-0.3, -0.25) is 19.0 Å². The molecule has 1 aliphatic heterocycles. The molecule has 2 aliphatic rings. The number of rotatable bonds is 6. The Labute approximate surface area is 168 Å². The fourth-order valence-corrected chi connectivity index (χ4v) is 3.64. The molecule has 1 saturated heterocycles. The molecule has 1 aromatic heterocycles. The van der Waals surface area contributed by atoms with Crippen LogP contribution in [0.15, 0.2) is 29.1 Å². The number of hydrogen-bond donors (Lipinski definition) is 0. The van der Waals surface area contributed by atoms with Crippen molar-refractivity contribution in [3.05, 3.63) is 40.4 Å². The number of aromatic nitrogens is 2. The zero-order valence-corrected chi connectivity index (χ0v) is 16.5. The highest BCUT2D eigenvalue weighted by molar-refractivity contribution is 5.83. The Hall–Kier alpha value is -2.74. The first-order valence-electron chi connectivity index (χ1n) is 10.1. The van der Waals surface area contributed by atoms with Gasteiger partial charge in [-0.25, -0.2) is 4.98 Å². The van der Waals surface area contributed by atoms with E-state index in [9.17, 15) is 14.4 Å². The molecule has 2 fully saturated rings. The van der Waals surface area contributed by atoms with Gasteiger partial charge in [-0.1, -0.05) is 12.1 Å². The number of ether oxygens (including phenoxy) is 2. The first-order chi connectivity index (χ1) is 14.0. The van der Waals surface area contributed by atoms with Gasteiger partial charge < -0.3 is 14.4 Å². The number of amides is 1. The van der Waals surface area contributed by atoms with Gasteiger partial charge in [0, 0.05) is 25.6 Å². The monoisotopic (exact) mass is 399 g/mol. The largest absolute Gasteiger partial charge is 0.453 e. The summed E-state index contributed by atoms with van der Waals surface area (Å²) < 4.78 is 12.3. The molecule has 8 heteroatoms. The summed E-state index contributed by atoms with van der Waals surface area (Å²) in [6.45, 7) is 3.60. The summed E-state index contributed by atoms with van der Waals surface area (Å²) in [5.74, 6) is -0.0791. The first kappa shape index (κ1) is 19.6. The van der Waals surface area contributed by atoms with E-state index in [1.165, 1.54) is 0 Å². The van der Waals surface area contributed by atoms with E-state index in [1.807, 2.05) is 12.1 Å². The Bertz CT molecular complexity index is 976. The molecule has 0 bridgehead atoms. The van der Waals surface area contributed by atoms with Gasteiger partial charge in [0.2, 0.25) is 0 Å². The van der Waals surface area contributed by atoms with E-state index < -0.39 is 12.1 Å². The maximum absolute atomic E-state index is 12.9. The Morgan fingerprint density at radius 1 is 1.24 bits per heavy atom. The summed E-state index contributed by atoms with van der Waals surface area (Å²) in [6.07, 6.45) is 1.42. The van der Waals surface area contributed by atoms with E-state index in [0.29, 0.717) is 49.5 Å². The number of carbonyl (C=O) groups excluding carboxylic acids is 2. The van der Waals surface area contributed by atoms with Crippen LogP contribution in [0.5, 0.6) is 0 Å². The third kappa shape index (κ3) is 4.32. The SMILES string of the molecule is CC(OC(=O)CCc1nc2ccccc2c(=O)n1C1CC1)C(=O)N1CCOCC1. The van der Waals surface area contributed by atoms with Gasteiger partial charge in [-0.15, -0.1) is 0 Å². The molecule has 1 unspecified atom stereocenters. The number of para-hydroxylation sites is 1. The summed E-state index contributed by atoms with van der Waals surface area (Å²) in [7, 11) is 0. The van der Waals surface area contributed by atoms with Crippen LogP contribution in [0.1, 0.15) is 38.1 Å². The van der Waals surface area contributed by atoms with Gasteiger partial charge in [0.15, 0.2) is 6.10 Å². The molecule has 1 atom stereocenters. The summed E-state index contributed by atoms with van der Waals surface area (Å²) in [5, 5.41) is 0.593.